The second-order valence-corrected chi connectivity index (χ2v) is 15.5. The molecule has 1 aromatic carbocycles. The number of ether oxygens (including phenoxy) is 3. The number of carbonyl (C=O) groups excluding carboxylic acids is 2. The van der Waals surface area contributed by atoms with Crippen molar-refractivity contribution in [2.24, 2.45) is 5.41 Å². The lowest BCUT2D eigenvalue weighted by Crippen LogP contribution is -2.32. The number of nitrogens with one attached hydrogen (secondary N) is 2. The number of nitrogens with zero attached hydrogens (tertiary/aromatic N) is 3. The predicted octanol–water partition coefficient (Wildman–Crippen LogP) is 7.81. The van der Waals surface area contributed by atoms with Crippen molar-refractivity contribution in [2.45, 2.75) is 102 Å². The number of esters is 1. The molecule has 3 heterocycles. The van der Waals surface area contributed by atoms with Crippen LogP contribution in [0.5, 0.6) is 0 Å². The smallest absolute Gasteiger partial charge is 0.313 e. The normalized spacial score (nSPS) is 14.1. The molecule has 0 spiro atoms. The summed E-state index contributed by atoms with van der Waals surface area (Å²) in [6.07, 6.45) is 15.6. The van der Waals surface area contributed by atoms with Crippen molar-refractivity contribution in [3.05, 3.63) is 66.2 Å². The van der Waals surface area contributed by atoms with E-state index in [0.717, 1.165) is 72.4 Å². The van der Waals surface area contributed by atoms with Crippen molar-refractivity contribution in [1.29, 1.82) is 0 Å². The Kier molecular flexibility index (Phi) is 16.3. The van der Waals surface area contributed by atoms with Crippen LogP contribution in [0.4, 0.5) is 0 Å². The first kappa shape index (κ1) is 40.4. The van der Waals surface area contributed by atoms with E-state index in [1.165, 1.54) is 38.5 Å². The van der Waals surface area contributed by atoms with Gasteiger partial charge in [-0.1, -0.05) is 71.9 Å². The van der Waals surface area contributed by atoms with Gasteiger partial charge in [0.1, 0.15) is 0 Å². The van der Waals surface area contributed by atoms with E-state index >= 15 is 0 Å². The lowest BCUT2D eigenvalue weighted by molar-refractivity contribution is -0.153. The van der Waals surface area contributed by atoms with Gasteiger partial charge in [0.15, 0.2) is 0 Å². The van der Waals surface area contributed by atoms with Crippen molar-refractivity contribution in [3.63, 3.8) is 0 Å². The van der Waals surface area contributed by atoms with E-state index in [1.807, 2.05) is 64.3 Å². The molecule has 280 valence electrons. The maximum Gasteiger partial charge on any atom is 0.313 e. The molecule has 0 radical (unpaired) electrons. The fourth-order valence-electron chi connectivity index (χ4n) is 5.99. The summed E-state index contributed by atoms with van der Waals surface area (Å²) >= 11 is 1.69. The van der Waals surface area contributed by atoms with Gasteiger partial charge in [0.2, 0.25) is 6.79 Å². The first-order valence-electron chi connectivity index (χ1n) is 18.6. The van der Waals surface area contributed by atoms with Gasteiger partial charge in [-0.15, -0.1) is 0 Å². The van der Waals surface area contributed by atoms with Crippen molar-refractivity contribution in [1.82, 2.24) is 24.6 Å². The molecule has 1 fully saturated rings. The molecule has 2 aromatic heterocycles. The van der Waals surface area contributed by atoms with E-state index in [4.69, 9.17) is 14.2 Å². The van der Waals surface area contributed by atoms with Crippen LogP contribution in [0.25, 0.3) is 16.6 Å². The summed E-state index contributed by atoms with van der Waals surface area (Å²) in [5, 5.41) is 10.8. The van der Waals surface area contributed by atoms with Crippen LogP contribution in [0.15, 0.2) is 60.0 Å². The number of amides is 1. The average molecular weight is 722 g/mol. The minimum absolute atomic E-state index is 0.0480. The standard InChI is InChI=1S/C40H59N5O5S/c1-30(40(2,3)4)49-29-50-38(46)27-33-28-43-45-24-17-31(25-36(33)45)35-16-15-32(26-37(35)51-44-22-18-34(48-6)19-23-44)39(47)42-21-14-12-10-8-7-9-11-13-20-41-5/h15-17,24-26,28,34,41H,1,7-14,18-23,27,29H2,2-6H3,(H,42,47). The topological polar surface area (TPSA) is 106 Å². The monoisotopic (exact) mass is 721 g/mol. The fraction of sp³-hybridized carbons (Fsp3) is 0.575. The van der Waals surface area contributed by atoms with E-state index in [9.17, 15) is 9.59 Å². The van der Waals surface area contributed by atoms with Crippen molar-refractivity contribution < 1.29 is 23.8 Å². The van der Waals surface area contributed by atoms with Gasteiger partial charge in [0.25, 0.3) is 5.91 Å². The Morgan fingerprint density at radius 1 is 0.961 bits per heavy atom. The van der Waals surface area contributed by atoms with E-state index < -0.39 is 5.97 Å². The second kappa shape index (κ2) is 20.6. The number of pyridine rings is 1. The van der Waals surface area contributed by atoms with Gasteiger partial charge in [-0.05, 0) is 86.6 Å². The molecule has 0 bridgehead atoms. The number of piperidine rings is 1. The Labute approximate surface area is 309 Å². The van der Waals surface area contributed by atoms with Crippen LogP contribution < -0.4 is 10.6 Å². The quantitative estimate of drug-likeness (QED) is 0.0375. The number of carbonyl (C=O) groups is 2. The van der Waals surface area contributed by atoms with Gasteiger partial charge in [-0.2, -0.15) is 5.10 Å². The molecule has 1 saturated heterocycles. The number of allylic oxidation sites excluding steroid dienone is 1. The number of benzene rings is 1. The van der Waals surface area contributed by atoms with Crippen molar-refractivity contribution >= 4 is 29.3 Å². The number of fused-ring (bicyclic) bond motifs is 1. The number of rotatable bonds is 21. The van der Waals surface area contributed by atoms with Crippen LogP contribution in [0.2, 0.25) is 0 Å². The Morgan fingerprint density at radius 3 is 2.31 bits per heavy atom. The van der Waals surface area contributed by atoms with Crippen LogP contribution >= 0.6 is 11.9 Å². The molecule has 0 atom stereocenters. The molecule has 0 unspecified atom stereocenters. The molecule has 11 heteroatoms. The molecule has 3 aromatic rings. The molecular formula is C40H59N5O5S. The number of hydrogen-bond donors (Lipinski definition) is 2. The Bertz CT molecular complexity index is 1560. The van der Waals surface area contributed by atoms with Gasteiger partial charge < -0.3 is 24.8 Å². The molecule has 4 rings (SSSR count). The average Bonchev–Trinajstić information content (AvgIpc) is 3.51. The fourth-order valence-corrected chi connectivity index (χ4v) is 7.13. The number of aromatic nitrogens is 2. The van der Waals surface area contributed by atoms with E-state index in [0.29, 0.717) is 17.9 Å². The van der Waals surface area contributed by atoms with Gasteiger partial charge >= 0.3 is 5.97 Å². The Balaban J connectivity index is 1.41. The van der Waals surface area contributed by atoms with Gasteiger partial charge in [-0.3, -0.25) is 9.59 Å². The van der Waals surface area contributed by atoms with Crippen LogP contribution in [-0.2, 0) is 25.4 Å². The van der Waals surface area contributed by atoms with Crippen LogP contribution in [0.1, 0.15) is 101 Å². The number of hydrogen-bond acceptors (Lipinski definition) is 9. The summed E-state index contributed by atoms with van der Waals surface area (Å²) in [6, 6.07) is 10.0. The molecule has 1 aliphatic rings. The highest BCUT2D eigenvalue weighted by molar-refractivity contribution is 7.97. The third kappa shape index (κ3) is 13.0. The zero-order chi connectivity index (χ0) is 36.6. The molecule has 1 aliphatic heterocycles. The highest BCUT2D eigenvalue weighted by Gasteiger charge is 2.22. The maximum absolute atomic E-state index is 13.3. The molecule has 51 heavy (non-hydrogen) atoms. The van der Waals surface area contributed by atoms with Crippen LogP contribution in [0.3, 0.4) is 0 Å². The minimum atomic E-state index is -0.404. The van der Waals surface area contributed by atoms with Crippen molar-refractivity contribution in [3.8, 4) is 11.1 Å². The summed E-state index contributed by atoms with van der Waals surface area (Å²) in [4.78, 5) is 27.0. The Morgan fingerprint density at radius 2 is 1.65 bits per heavy atom. The van der Waals surface area contributed by atoms with E-state index in [1.54, 1.807) is 29.8 Å². The maximum atomic E-state index is 13.3. The molecule has 0 saturated carbocycles. The second-order valence-electron chi connectivity index (χ2n) is 14.4. The molecular weight excluding hydrogens is 663 g/mol. The zero-order valence-corrected chi connectivity index (χ0v) is 32.2. The van der Waals surface area contributed by atoms with E-state index in [-0.39, 0.29) is 30.6 Å². The van der Waals surface area contributed by atoms with Gasteiger partial charge in [0, 0.05) is 54.4 Å². The lowest BCUT2D eigenvalue weighted by Gasteiger charge is -2.30. The first-order valence-corrected chi connectivity index (χ1v) is 19.3. The number of methoxy groups -OCH3 is 1. The van der Waals surface area contributed by atoms with Crippen LogP contribution in [-0.4, -0.2) is 79.0 Å². The van der Waals surface area contributed by atoms with Gasteiger partial charge in [0.05, 0.1) is 30.0 Å². The zero-order valence-electron chi connectivity index (χ0n) is 31.4. The van der Waals surface area contributed by atoms with E-state index in [2.05, 4.69) is 26.6 Å². The molecule has 10 nitrogen and oxygen atoms in total. The third-order valence-corrected chi connectivity index (χ3v) is 10.5. The highest BCUT2D eigenvalue weighted by atomic mass is 32.2. The molecule has 1 amide bonds. The predicted molar refractivity (Wildman–Crippen MR) is 206 cm³/mol. The first-order chi connectivity index (χ1) is 24.6. The summed E-state index contributed by atoms with van der Waals surface area (Å²) in [5.74, 6) is 0.107. The summed E-state index contributed by atoms with van der Waals surface area (Å²) in [6.45, 7) is 13.3. The van der Waals surface area contributed by atoms with Crippen LogP contribution in [0, 0.1) is 5.41 Å². The SMILES string of the molecule is C=C(OCOC(=O)Cc1cnn2ccc(-c3ccc(C(=O)NCCCCCCCCCCNC)cc3SN3CCC(OC)CC3)cc12)C(C)(C)C. The van der Waals surface area contributed by atoms with Gasteiger partial charge in [-0.25, -0.2) is 8.82 Å². The summed E-state index contributed by atoms with van der Waals surface area (Å²) < 4.78 is 20.6. The minimum Gasteiger partial charge on any atom is -0.462 e. The molecule has 0 aliphatic carbocycles. The number of unbranched alkanes of at least 4 members (excludes halogenated alkanes) is 7. The lowest BCUT2D eigenvalue weighted by atomic mass is 9.95. The highest BCUT2D eigenvalue weighted by Crippen LogP contribution is 2.37. The third-order valence-electron chi connectivity index (χ3n) is 9.38. The largest absolute Gasteiger partial charge is 0.462 e. The summed E-state index contributed by atoms with van der Waals surface area (Å²) in [5.41, 5.74) is 3.98. The summed E-state index contributed by atoms with van der Waals surface area (Å²) in [7, 11) is 3.78. The molecule has 2 N–H and O–H groups in total. The Hall–Kier alpha value is -3.38. The van der Waals surface area contributed by atoms with Crippen molar-refractivity contribution in [2.75, 3.05) is 47.1 Å².